The van der Waals surface area contributed by atoms with Crippen molar-refractivity contribution >= 4 is 38.2 Å². The van der Waals surface area contributed by atoms with Gasteiger partial charge in [0, 0.05) is 43.1 Å². The van der Waals surface area contributed by atoms with Gasteiger partial charge in [-0.15, -0.1) is 0 Å². The van der Waals surface area contributed by atoms with Crippen LogP contribution in [0.15, 0.2) is 35.4 Å². The maximum absolute atomic E-state index is 13.6. The van der Waals surface area contributed by atoms with E-state index in [0.717, 1.165) is 25.5 Å². The Bertz CT molecular complexity index is 1370. The van der Waals surface area contributed by atoms with Gasteiger partial charge in [0.2, 0.25) is 10.0 Å². The lowest BCUT2D eigenvalue weighted by atomic mass is 9.93. The number of aromatic amines is 1. The highest BCUT2D eigenvalue weighted by Gasteiger charge is 2.36. The smallest absolute Gasteiger partial charge is 0.418 e. The zero-order chi connectivity index (χ0) is 25.5. The molecule has 0 amide bonds. The molecule has 0 bridgehead atoms. The van der Waals surface area contributed by atoms with Gasteiger partial charge in [-0.1, -0.05) is 0 Å². The Hall–Kier alpha value is -3.03. The first-order valence-electron chi connectivity index (χ1n) is 11.6. The molecule has 0 spiro atoms. The number of ether oxygens (including phenoxy) is 2. The molecule has 0 unspecified atom stereocenters. The molecule has 2 aliphatic rings. The van der Waals surface area contributed by atoms with Crippen molar-refractivity contribution in [2.75, 3.05) is 44.0 Å². The van der Waals surface area contributed by atoms with Crippen molar-refractivity contribution < 1.29 is 31.1 Å². The van der Waals surface area contributed by atoms with Crippen LogP contribution in [0, 0.1) is 0 Å². The number of halogens is 3. The number of rotatable bonds is 7. The number of H-pyrrole nitrogens is 1. The molecule has 0 atom stereocenters. The molecule has 1 aliphatic heterocycles. The van der Waals surface area contributed by atoms with Gasteiger partial charge in [0.1, 0.15) is 17.2 Å². The molecule has 0 radical (unpaired) electrons. The van der Waals surface area contributed by atoms with Crippen molar-refractivity contribution in [3.63, 3.8) is 0 Å². The van der Waals surface area contributed by atoms with Crippen LogP contribution in [0.5, 0.6) is 5.75 Å². The van der Waals surface area contributed by atoms with E-state index in [1.165, 1.54) is 29.6 Å². The maximum atomic E-state index is 13.6. The molecule has 1 saturated carbocycles. The van der Waals surface area contributed by atoms with Gasteiger partial charge < -0.3 is 25.1 Å². The van der Waals surface area contributed by atoms with E-state index in [9.17, 15) is 21.6 Å². The highest BCUT2D eigenvalue weighted by atomic mass is 32.2. The van der Waals surface area contributed by atoms with Crippen molar-refractivity contribution in [3.05, 3.63) is 36.0 Å². The number of sulfonamides is 1. The number of nitrogens with one attached hydrogen (secondary N) is 3. The summed E-state index contributed by atoms with van der Waals surface area (Å²) in [7, 11) is -2.32. The summed E-state index contributed by atoms with van der Waals surface area (Å²) in [6.45, 7) is 1.19. The zero-order valence-electron chi connectivity index (χ0n) is 19.5. The van der Waals surface area contributed by atoms with E-state index in [-0.39, 0.29) is 46.6 Å². The minimum absolute atomic E-state index is 0.0149. The summed E-state index contributed by atoms with van der Waals surface area (Å²) in [5.41, 5.74) is 0.0435. The van der Waals surface area contributed by atoms with Crippen LogP contribution in [-0.4, -0.2) is 62.1 Å². The van der Waals surface area contributed by atoms with Crippen LogP contribution in [0.25, 0.3) is 11.0 Å². The summed E-state index contributed by atoms with van der Waals surface area (Å²) in [4.78, 5) is 7.03. The van der Waals surface area contributed by atoms with Crippen molar-refractivity contribution in [2.24, 2.45) is 0 Å². The second kappa shape index (κ2) is 9.45. The van der Waals surface area contributed by atoms with Gasteiger partial charge >= 0.3 is 6.18 Å². The molecule has 2 aromatic heterocycles. The summed E-state index contributed by atoms with van der Waals surface area (Å²) < 4.78 is 78.9. The number of aromatic nitrogens is 2. The normalized spacial score (nSPS) is 17.7. The third kappa shape index (κ3) is 4.70. The van der Waals surface area contributed by atoms with E-state index >= 15 is 0 Å². The van der Waals surface area contributed by atoms with Gasteiger partial charge in [0.15, 0.2) is 0 Å². The van der Waals surface area contributed by atoms with Gasteiger partial charge in [0.25, 0.3) is 0 Å². The second-order valence-corrected chi connectivity index (χ2v) is 10.7. The number of hydrogen-bond donors (Lipinski definition) is 3. The number of alkyl halides is 3. The number of fused-ring (bicyclic) bond motifs is 1. The summed E-state index contributed by atoms with van der Waals surface area (Å²) >= 11 is 0. The van der Waals surface area contributed by atoms with Crippen LogP contribution in [-0.2, 0) is 20.9 Å². The van der Waals surface area contributed by atoms with Crippen LogP contribution in [0.3, 0.4) is 0 Å². The Balaban J connectivity index is 1.48. The first-order chi connectivity index (χ1) is 17.2. The molecule has 2 fully saturated rings. The number of benzene rings is 1. The lowest BCUT2D eigenvalue weighted by Gasteiger charge is -2.28. The average Bonchev–Trinajstić information content (AvgIpc) is 3.27. The Kier molecular flexibility index (Phi) is 6.47. The molecule has 3 aromatic rings. The van der Waals surface area contributed by atoms with Crippen molar-refractivity contribution in [1.29, 1.82) is 0 Å². The molecule has 36 heavy (non-hydrogen) atoms. The highest BCUT2D eigenvalue weighted by molar-refractivity contribution is 7.89. The molecule has 1 saturated heterocycles. The number of morpholine rings is 1. The fourth-order valence-electron chi connectivity index (χ4n) is 4.32. The quantitative estimate of drug-likeness (QED) is 0.422. The van der Waals surface area contributed by atoms with Crippen LogP contribution in [0.2, 0.25) is 0 Å². The summed E-state index contributed by atoms with van der Waals surface area (Å²) in [5.74, 6) is 0.532. The van der Waals surface area contributed by atoms with Crippen LogP contribution < -0.4 is 15.4 Å². The number of hydrogen-bond acceptors (Lipinski definition) is 7. The van der Waals surface area contributed by atoms with Crippen LogP contribution >= 0.6 is 0 Å². The third-order valence-corrected chi connectivity index (χ3v) is 8.35. The van der Waals surface area contributed by atoms with E-state index in [1.54, 1.807) is 6.07 Å². The first-order valence-corrected chi connectivity index (χ1v) is 13.0. The topological polar surface area (TPSA) is 109 Å². The Morgan fingerprint density at radius 3 is 2.56 bits per heavy atom. The summed E-state index contributed by atoms with van der Waals surface area (Å²) in [6, 6.07) is 6.04. The van der Waals surface area contributed by atoms with Gasteiger partial charge in [-0.05, 0) is 31.4 Å². The Labute approximate surface area is 206 Å². The van der Waals surface area contributed by atoms with Crippen molar-refractivity contribution in [1.82, 2.24) is 14.3 Å². The molecular weight excluding hydrogens is 499 g/mol. The standard InChI is InChI=1S/C23H26F3N5O4S/c1-34-19-11-15(36(32,33)31-7-9-35-10-8-31)5-6-17(19)29-20-12-18(28-14-3-2-4-14)21-16(23(24,25)26)13-27-22(21)30-20/h5-6,11-14H,2-4,7-10H2,1H3,(H3,27,28,29,30). The monoisotopic (exact) mass is 525 g/mol. The number of anilines is 3. The SMILES string of the molecule is COc1cc(S(=O)(=O)N2CCOCC2)ccc1Nc1cc(NC2CCC2)c2c(C(F)(F)F)c[nH]c2n1. The molecule has 194 valence electrons. The van der Waals surface area contributed by atoms with Gasteiger partial charge in [-0.3, -0.25) is 0 Å². The van der Waals surface area contributed by atoms with E-state index < -0.39 is 21.8 Å². The zero-order valence-corrected chi connectivity index (χ0v) is 20.3. The van der Waals surface area contributed by atoms with Crippen LogP contribution in [0.1, 0.15) is 24.8 Å². The lowest BCUT2D eigenvalue weighted by Crippen LogP contribution is -2.40. The third-order valence-electron chi connectivity index (χ3n) is 6.46. The second-order valence-electron chi connectivity index (χ2n) is 8.75. The molecule has 1 aromatic carbocycles. The average molecular weight is 526 g/mol. The number of nitrogens with zero attached hydrogens (tertiary/aromatic N) is 2. The van der Waals surface area contributed by atoms with E-state index in [4.69, 9.17) is 9.47 Å². The molecule has 3 N–H and O–H groups in total. The molecule has 5 rings (SSSR count). The minimum atomic E-state index is -4.53. The molecular formula is C23H26F3N5O4S. The Morgan fingerprint density at radius 1 is 1.17 bits per heavy atom. The van der Waals surface area contributed by atoms with E-state index in [2.05, 4.69) is 20.6 Å². The highest BCUT2D eigenvalue weighted by Crippen LogP contribution is 2.40. The van der Waals surface area contributed by atoms with Crippen molar-refractivity contribution in [3.8, 4) is 5.75 Å². The van der Waals surface area contributed by atoms with Crippen molar-refractivity contribution in [2.45, 2.75) is 36.4 Å². The Morgan fingerprint density at radius 2 is 1.92 bits per heavy atom. The molecule has 1 aliphatic carbocycles. The lowest BCUT2D eigenvalue weighted by molar-refractivity contribution is -0.136. The first kappa shape index (κ1) is 24.7. The number of pyridine rings is 1. The summed E-state index contributed by atoms with van der Waals surface area (Å²) in [6.07, 6.45) is -0.834. The van der Waals surface area contributed by atoms with Crippen LogP contribution in [0.4, 0.5) is 30.4 Å². The largest absolute Gasteiger partial charge is 0.495 e. The minimum Gasteiger partial charge on any atom is -0.495 e. The van der Waals surface area contributed by atoms with Gasteiger partial charge in [-0.25, -0.2) is 13.4 Å². The number of methoxy groups -OCH3 is 1. The molecule has 3 heterocycles. The fourth-order valence-corrected chi connectivity index (χ4v) is 5.74. The predicted molar refractivity (Wildman–Crippen MR) is 128 cm³/mol. The van der Waals surface area contributed by atoms with Gasteiger partial charge in [-0.2, -0.15) is 17.5 Å². The predicted octanol–water partition coefficient (Wildman–Crippen LogP) is 4.32. The summed E-state index contributed by atoms with van der Waals surface area (Å²) in [5, 5.41) is 6.26. The maximum Gasteiger partial charge on any atom is 0.418 e. The van der Waals surface area contributed by atoms with E-state index in [1.807, 2.05) is 0 Å². The van der Waals surface area contributed by atoms with E-state index in [0.29, 0.717) is 24.6 Å². The fraction of sp³-hybridized carbons (Fsp3) is 0.435. The van der Waals surface area contributed by atoms with Gasteiger partial charge in [0.05, 0.1) is 41.9 Å². The molecule has 13 heteroatoms. The molecule has 9 nitrogen and oxygen atoms in total.